The van der Waals surface area contributed by atoms with Crippen molar-refractivity contribution in [3.05, 3.63) is 35.9 Å². The smallest absolute Gasteiger partial charge is 0.280 e. The number of hydrogen-bond donors (Lipinski definition) is 2. The van der Waals surface area contributed by atoms with Gasteiger partial charge in [0.2, 0.25) is 0 Å². The van der Waals surface area contributed by atoms with E-state index in [1.807, 2.05) is 37.3 Å². The largest absolute Gasteiger partial charge is 0.330 e. The zero-order valence-corrected chi connectivity index (χ0v) is 11.2. The molecule has 0 bridgehead atoms. The Hall–Kier alpha value is -0.950. The van der Waals surface area contributed by atoms with E-state index in [1.54, 1.807) is 0 Å². The van der Waals surface area contributed by atoms with Crippen LogP contribution in [0.1, 0.15) is 18.5 Å². The Kier molecular flexibility index (Phi) is 4.01. The topological polar surface area (TPSA) is 75.4 Å². The SMILES string of the molecule is CC(c1ccccc1)N1CC(CN)CNS1(=O)=O. The first-order valence-corrected chi connectivity index (χ1v) is 7.50. The van der Waals surface area contributed by atoms with Crippen LogP contribution in [0.5, 0.6) is 0 Å². The Morgan fingerprint density at radius 3 is 2.72 bits per heavy atom. The van der Waals surface area contributed by atoms with Gasteiger partial charge in [0.1, 0.15) is 0 Å². The normalized spacial score (nSPS) is 25.8. The van der Waals surface area contributed by atoms with Crippen LogP contribution in [0.2, 0.25) is 0 Å². The lowest BCUT2D eigenvalue weighted by Gasteiger charge is -2.36. The van der Waals surface area contributed by atoms with Gasteiger partial charge in [-0.3, -0.25) is 0 Å². The molecule has 2 rings (SSSR count). The fraction of sp³-hybridized carbons (Fsp3) is 0.500. The highest BCUT2D eigenvalue weighted by atomic mass is 32.2. The summed E-state index contributed by atoms with van der Waals surface area (Å²) in [5.41, 5.74) is 6.62. The lowest BCUT2D eigenvalue weighted by molar-refractivity contribution is 0.266. The molecule has 1 saturated heterocycles. The summed E-state index contributed by atoms with van der Waals surface area (Å²) in [6.07, 6.45) is 0. The first-order valence-electron chi connectivity index (χ1n) is 6.06. The summed E-state index contributed by atoms with van der Waals surface area (Å²) in [6, 6.07) is 9.44. The van der Waals surface area contributed by atoms with Crippen LogP contribution in [0.3, 0.4) is 0 Å². The molecule has 0 aromatic heterocycles. The van der Waals surface area contributed by atoms with E-state index in [4.69, 9.17) is 5.73 Å². The molecule has 1 heterocycles. The summed E-state index contributed by atoms with van der Waals surface area (Å²) < 4.78 is 28.1. The molecule has 1 aromatic rings. The predicted molar refractivity (Wildman–Crippen MR) is 71.0 cm³/mol. The van der Waals surface area contributed by atoms with Crippen molar-refractivity contribution in [3.8, 4) is 0 Å². The van der Waals surface area contributed by atoms with Gasteiger partial charge in [0, 0.05) is 19.1 Å². The highest BCUT2D eigenvalue weighted by Gasteiger charge is 2.34. The number of benzene rings is 1. The van der Waals surface area contributed by atoms with Gasteiger partial charge in [-0.15, -0.1) is 0 Å². The number of nitrogens with one attached hydrogen (secondary N) is 1. The van der Waals surface area contributed by atoms with Crippen molar-refractivity contribution in [2.24, 2.45) is 11.7 Å². The summed E-state index contributed by atoms with van der Waals surface area (Å²) in [6.45, 7) is 3.28. The number of nitrogens with two attached hydrogens (primary N) is 1. The average molecular weight is 269 g/mol. The summed E-state index contributed by atoms with van der Waals surface area (Å²) in [5, 5.41) is 0. The Labute approximate surface area is 108 Å². The molecule has 0 saturated carbocycles. The third-order valence-electron chi connectivity index (χ3n) is 3.35. The van der Waals surface area contributed by atoms with Crippen LogP contribution in [0.25, 0.3) is 0 Å². The van der Waals surface area contributed by atoms with Crippen LogP contribution < -0.4 is 10.5 Å². The van der Waals surface area contributed by atoms with E-state index in [0.717, 1.165) is 5.56 Å². The molecule has 2 unspecified atom stereocenters. The van der Waals surface area contributed by atoms with E-state index >= 15 is 0 Å². The van der Waals surface area contributed by atoms with Gasteiger partial charge in [-0.1, -0.05) is 30.3 Å². The number of hydrogen-bond acceptors (Lipinski definition) is 3. The van der Waals surface area contributed by atoms with E-state index in [2.05, 4.69) is 4.72 Å². The van der Waals surface area contributed by atoms with Crippen molar-refractivity contribution < 1.29 is 8.42 Å². The van der Waals surface area contributed by atoms with Crippen molar-refractivity contribution in [1.82, 2.24) is 9.03 Å². The minimum Gasteiger partial charge on any atom is -0.330 e. The lowest BCUT2D eigenvalue weighted by Crippen LogP contribution is -2.53. The molecule has 1 aliphatic rings. The predicted octanol–water partition coefficient (Wildman–Crippen LogP) is 0.473. The van der Waals surface area contributed by atoms with E-state index in [1.165, 1.54) is 4.31 Å². The molecule has 0 radical (unpaired) electrons. The molecule has 3 N–H and O–H groups in total. The molecule has 1 aromatic carbocycles. The zero-order valence-electron chi connectivity index (χ0n) is 10.4. The molecule has 6 heteroatoms. The van der Waals surface area contributed by atoms with Gasteiger partial charge in [-0.25, -0.2) is 4.72 Å². The number of rotatable bonds is 3. The van der Waals surface area contributed by atoms with Gasteiger partial charge in [-0.05, 0) is 24.9 Å². The minimum absolute atomic E-state index is 0.166. The molecule has 2 atom stereocenters. The van der Waals surface area contributed by atoms with Crippen LogP contribution in [0, 0.1) is 5.92 Å². The second-order valence-electron chi connectivity index (χ2n) is 4.61. The van der Waals surface area contributed by atoms with Crippen LogP contribution in [0.4, 0.5) is 0 Å². The molecule has 1 aliphatic heterocycles. The summed E-state index contributed by atoms with van der Waals surface area (Å²) in [5.74, 6) is 0.166. The standard InChI is InChI=1S/C12H19N3O2S/c1-10(12-5-3-2-4-6-12)15-9-11(7-13)8-14-18(15,16)17/h2-6,10-11,14H,7-9,13H2,1H3. The van der Waals surface area contributed by atoms with Crippen molar-refractivity contribution in [1.29, 1.82) is 0 Å². The maximum absolute atomic E-state index is 12.0. The summed E-state index contributed by atoms with van der Waals surface area (Å²) in [4.78, 5) is 0. The van der Waals surface area contributed by atoms with Gasteiger partial charge in [0.05, 0.1) is 0 Å². The molecule has 18 heavy (non-hydrogen) atoms. The molecule has 0 spiro atoms. The minimum atomic E-state index is -3.39. The van der Waals surface area contributed by atoms with E-state index in [0.29, 0.717) is 19.6 Å². The third-order valence-corrected chi connectivity index (χ3v) is 4.96. The fourth-order valence-electron chi connectivity index (χ4n) is 2.15. The van der Waals surface area contributed by atoms with Gasteiger partial charge in [0.15, 0.2) is 0 Å². The van der Waals surface area contributed by atoms with Crippen LogP contribution in [0.15, 0.2) is 30.3 Å². The Bertz CT molecular complexity index is 489. The van der Waals surface area contributed by atoms with Gasteiger partial charge < -0.3 is 5.73 Å². The maximum atomic E-state index is 12.0. The van der Waals surface area contributed by atoms with Gasteiger partial charge in [-0.2, -0.15) is 12.7 Å². The van der Waals surface area contributed by atoms with Crippen molar-refractivity contribution in [3.63, 3.8) is 0 Å². The average Bonchev–Trinajstić information content (AvgIpc) is 2.39. The second kappa shape index (κ2) is 5.36. The summed E-state index contributed by atoms with van der Waals surface area (Å²) >= 11 is 0. The van der Waals surface area contributed by atoms with E-state index in [9.17, 15) is 8.42 Å². The van der Waals surface area contributed by atoms with Crippen LogP contribution in [-0.4, -0.2) is 32.4 Å². The molecular weight excluding hydrogens is 250 g/mol. The lowest BCUT2D eigenvalue weighted by atomic mass is 10.1. The Morgan fingerprint density at radius 1 is 1.44 bits per heavy atom. The van der Waals surface area contributed by atoms with Crippen LogP contribution >= 0.6 is 0 Å². The maximum Gasteiger partial charge on any atom is 0.280 e. The fourth-order valence-corrected chi connectivity index (χ4v) is 3.70. The van der Waals surface area contributed by atoms with E-state index in [-0.39, 0.29) is 12.0 Å². The highest BCUT2D eigenvalue weighted by Crippen LogP contribution is 2.25. The monoisotopic (exact) mass is 269 g/mol. The molecule has 1 fully saturated rings. The van der Waals surface area contributed by atoms with Crippen molar-refractivity contribution in [2.45, 2.75) is 13.0 Å². The first kappa shape index (κ1) is 13.5. The summed E-state index contributed by atoms with van der Waals surface area (Å²) in [7, 11) is -3.39. The quantitative estimate of drug-likeness (QED) is 0.837. The Balaban J connectivity index is 2.24. The molecule has 0 amide bonds. The molecular formula is C12H19N3O2S. The van der Waals surface area contributed by atoms with Crippen molar-refractivity contribution in [2.75, 3.05) is 19.6 Å². The van der Waals surface area contributed by atoms with Crippen LogP contribution in [-0.2, 0) is 10.2 Å². The highest BCUT2D eigenvalue weighted by molar-refractivity contribution is 7.87. The first-order chi connectivity index (χ1) is 8.54. The van der Waals surface area contributed by atoms with Crippen molar-refractivity contribution >= 4 is 10.2 Å². The number of nitrogens with zero attached hydrogens (tertiary/aromatic N) is 1. The van der Waals surface area contributed by atoms with Gasteiger partial charge >= 0.3 is 0 Å². The zero-order chi connectivity index (χ0) is 13.2. The second-order valence-corrected chi connectivity index (χ2v) is 6.32. The molecule has 0 aliphatic carbocycles. The third kappa shape index (κ3) is 2.72. The van der Waals surface area contributed by atoms with Gasteiger partial charge in [0.25, 0.3) is 10.2 Å². The Morgan fingerprint density at radius 2 is 2.11 bits per heavy atom. The molecule has 100 valence electrons. The molecule has 5 nitrogen and oxygen atoms in total. The van der Waals surface area contributed by atoms with E-state index < -0.39 is 10.2 Å².